The molecule has 46 valence electrons. The second kappa shape index (κ2) is 2.83. The van der Waals surface area contributed by atoms with Crippen LogP contribution in [0.3, 0.4) is 0 Å². The molecule has 0 amide bonds. The van der Waals surface area contributed by atoms with Crippen LogP contribution in [0.4, 0.5) is 0 Å². The van der Waals surface area contributed by atoms with E-state index in [0.717, 1.165) is 15.5 Å². The summed E-state index contributed by atoms with van der Waals surface area (Å²) in [4.78, 5) is 0. The first-order chi connectivity index (χ1) is 4.61. The van der Waals surface area contributed by atoms with Crippen LogP contribution >= 0.6 is 15.9 Å². The van der Waals surface area contributed by atoms with Crippen molar-refractivity contribution < 1.29 is 0 Å². The van der Waals surface area contributed by atoms with Crippen LogP contribution in [-0.4, -0.2) is 15.7 Å². The van der Waals surface area contributed by atoms with Gasteiger partial charge in [-0.25, -0.2) is 0 Å². The van der Waals surface area contributed by atoms with Gasteiger partial charge in [0.1, 0.15) is 15.7 Å². The van der Waals surface area contributed by atoms with Crippen molar-refractivity contribution in [2.75, 3.05) is 0 Å². The number of benzene rings is 1. The van der Waals surface area contributed by atoms with Gasteiger partial charge in [-0.15, -0.1) is 0 Å². The first-order valence-electron chi connectivity index (χ1n) is 2.92. The molecule has 1 aromatic carbocycles. The van der Waals surface area contributed by atoms with Crippen LogP contribution < -0.4 is 10.9 Å². The minimum atomic E-state index is 0.690. The lowest BCUT2D eigenvalue weighted by molar-refractivity contribution is 1.49. The van der Waals surface area contributed by atoms with E-state index >= 15 is 0 Å². The van der Waals surface area contributed by atoms with Crippen LogP contribution in [0.15, 0.2) is 16.6 Å². The molecule has 0 N–H and O–H groups in total. The van der Waals surface area contributed by atoms with Crippen molar-refractivity contribution in [3.8, 4) is 0 Å². The zero-order valence-electron chi connectivity index (χ0n) is 5.69. The molecule has 0 saturated carbocycles. The van der Waals surface area contributed by atoms with E-state index in [2.05, 4.69) is 15.9 Å². The molecule has 0 fully saturated rings. The van der Waals surface area contributed by atoms with Crippen molar-refractivity contribution >= 4 is 42.5 Å². The highest BCUT2D eigenvalue weighted by Crippen LogP contribution is 2.10. The van der Waals surface area contributed by atoms with Crippen LogP contribution in [0.2, 0.25) is 0 Å². The summed E-state index contributed by atoms with van der Waals surface area (Å²) in [7, 11) is 11.1. The summed E-state index contributed by atoms with van der Waals surface area (Å²) in [6, 6.07) is 3.59. The highest BCUT2D eigenvalue weighted by atomic mass is 79.9. The molecule has 1 aromatic rings. The summed E-state index contributed by atoms with van der Waals surface area (Å²) in [5.74, 6) is 0. The van der Waals surface area contributed by atoms with E-state index in [1.54, 1.807) is 6.07 Å². The number of hydrogen-bond donors (Lipinski definition) is 0. The van der Waals surface area contributed by atoms with Crippen LogP contribution in [0.1, 0.15) is 5.56 Å². The fraction of sp³-hybridized carbons (Fsp3) is 0.143. The molecule has 1 rings (SSSR count). The molecule has 0 atom stereocenters. The molecule has 0 aromatic heterocycles. The summed E-state index contributed by atoms with van der Waals surface area (Å²) >= 11 is 3.34. The van der Waals surface area contributed by atoms with Gasteiger partial charge in [0.2, 0.25) is 0 Å². The van der Waals surface area contributed by atoms with Crippen molar-refractivity contribution in [2.24, 2.45) is 0 Å². The van der Waals surface area contributed by atoms with Gasteiger partial charge in [0.15, 0.2) is 0 Å². The van der Waals surface area contributed by atoms with Crippen molar-refractivity contribution in [3.05, 3.63) is 22.2 Å². The number of hydrogen-bond acceptors (Lipinski definition) is 0. The van der Waals surface area contributed by atoms with E-state index in [0.29, 0.717) is 5.46 Å². The fourth-order valence-electron chi connectivity index (χ4n) is 0.722. The van der Waals surface area contributed by atoms with Crippen LogP contribution in [0.5, 0.6) is 0 Å². The molecule has 0 heterocycles. The van der Waals surface area contributed by atoms with Gasteiger partial charge in [-0.1, -0.05) is 39.0 Å². The van der Waals surface area contributed by atoms with Crippen LogP contribution in [0.25, 0.3) is 0 Å². The molecule has 3 heteroatoms. The molecule has 0 nitrogen and oxygen atoms in total. The van der Waals surface area contributed by atoms with Crippen molar-refractivity contribution in [1.29, 1.82) is 0 Å². The third kappa shape index (κ3) is 1.46. The lowest BCUT2D eigenvalue weighted by atomic mass is 9.84. The van der Waals surface area contributed by atoms with E-state index in [4.69, 9.17) is 15.7 Å². The van der Waals surface area contributed by atoms with E-state index in [9.17, 15) is 0 Å². The lowest BCUT2D eigenvalue weighted by Gasteiger charge is -2.04. The summed E-state index contributed by atoms with van der Waals surface area (Å²) in [5, 5.41) is 0. The largest absolute Gasteiger partial charge is 0.114 e. The molecule has 0 saturated heterocycles. The van der Waals surface area contributed by atoms with Gasteiger partial charge < -0.3 is 0 Å². The smallest absolute Gasteiger partial charge is 0.0961 e. The Morgan fingerprint density at radius 2 is 1.90 bits per heavy atom. The Morgan fingerprint density at radius 3 is 2.40 bits per heavy atom. The zero-order valence-corrected chi connectivity index (χ0v) is 7.27. The predicted molar refractivity (Wildman–Crippen MR) is 49.7 cm³/mol. The van der Waals surface area contributed by atoms with E-state index in [1.807, 2.05) is 13.0 Å². The fourth-order valence-corrected chi connectivity index (χ4v) is 1.22. The summed E-state index contributed by atoms with van der Waals surface area (Å²) in [6.45, 7) is 1.94. The minimum absolute atomic E-state index is 0.690. The monoisotopic (exact) mass is 190 g/mol. The maximum absolute atomic E-state index is 5.61. The summed E-state index contributed by atoms with van der Waals surface area (Å²) in [5.41, 5.74) is 2.45. The van der Waals surface area contributed by atoms with Crippen molar-refractivity contribution in [1.82, 2.24) is 0 Å². The molecule has 0 aliphatic rings. The second-order valence-corrected chi connectivity index (χ2v) is 3.07. The highest BCUT2D eigenvalue weighted by molar-refractivity contribution is 9.10. The normalized spacial score (nSPS) is 9.80. The topological polar surface area (TPSA) is 0 Å². The Kier molecular flexibility index (Phi) is 2.24. The third-order valence-electron chi connectivity index (χ3n) is 1.41. The highest BCUT2D eigenvalue weighted by Gasteiger charge is 1.96. The minimum Gasteiger partial charge on any atom is -0.0961 e. The number of rotatable bonds is 0. The molecule has 0 bridgehead atoms. The molecular formula is C7H5B2Br. The standard InChI is InChI=1S/C7H5B2Br/c1-4-6(9)2-5(8)3-7(4)10/h2-3H,1H3. The van der Waals surface area contributed by atoms with Gasteiger partial charge in [0.05, 0.1) is 0 Å². The van der Waals surface area contributed by atoms with Gasteiger partial charge in [0, 0.05) is 4.47 Å². The van der Waals surface area contributed by atoms with Crippen molar-refractivity contribution in [3.63, 3.8) is 0 Å². The molecule has 0 spiro atoms. The number of halogens is 1. The van der Waals surface area contributed by atoms with Gasteiger partial charge in [-0.05, 0) is 12.5 Å². The Balaban J connectivity index is 3.31. The summed E-state index contributed by atoms with van der Waals surface area (Å²) < 4.78 is 0.963. The Morgan fingerprint density at radius 1 is 1.30 bits per heavy atom. The molecule has 0 aliphatic heterocycles. The Bertz CT molecular complexity index is 235. The Hall–Kier alpha value is -0.170. The first kappa shape index (κ1) is 7.93. The quantitative estimate of drug-likeness (QED) is 0.518. The third-order valence-corrected chi connectivity index (χ3v) is 2.23. The van der Waals surface area contributed by atoms with Crippen LogP contribution in [0, 0.1) is 6.92 Å². The average Bonchev–Trinajstić information content (AvgIpc) is 1.82. The molecule has 0 aliphatic carbocycles. The Labute approximate surface area is 72.0 Å². The molecular weight excluding hydrogens is 186 g/mol. The van der Waals surface area contributed by atoms with Gasteiger partial charge in [0.25, 0.3) is 0 Å². The van der Waals surface area contributed by atoms with Gasteiger partial charge in [-0.3, -0.25) is 0 Å². The molecule has 0 unspecified atom stereocenters. The van der Waals surface area contributed by atoms with Crippen molar-refractivity contribution in [2.45, 2.75) is 6.92 Å². The average molecular weight is 191 g/mol. The first-order valence-corrected chi connectivity index (χ1v) is 3.71. The molecule has 4 radical (unpaired) electrons. The van der Waals surface area contributed by atoms with E-state index in [-0.39, 0.29) is 0 Å². The zero-order chi connectivity index (χ0) is 7.72. The van der Waals surface area contributed by atoms with Gasteiger partial charge in [-0.2, -0.15) is 0 Å². The maximum atomic E-state index is 5.61. The predicted octanol–water partition coefficient (Wildman–Crippen LogP) is 0.345. The van der Waals surface area contributed by atoms with E-state index < -0.39 is 0 Å². The second-order valence-electron chi connectivity index (χ2n) is 2.22. The van der Waals surface area contributed by atoms with Crippen LogP contribution in [-0.2, 0) is 0 Å². The lowest BCUT2D eigenvalue weighted by Crippen LogP contribution is -2.16. The van der Waals surface area contributed by atoms with Gasteiger partial charge >= 0.3 is 0 Å². The maximum Gasteiger partial charge on any atom is 0.114 e. The summed E-state index contributed by atoms with van der Waals surface area (Å²) in [6.07, 6.45) is 0. The SMILES string of the molecule is [B]c1cc([B])c(C)c(Br)c1. The molecule has 10 heavy (non-hydrogen) atoms. The van der Waals surface area contributed by atoms with E-state index in [1.165, 1.54) is 0 Å².